The van der Waals surface area contributed by atoms with Crippen molar-refractivity contribution < 1.29 is 9.90 Å². The van der Waals surface area contributed by atoms with E-state index in [1.807, 2.05) is 6.92 Å². The number of hydrogen-bond acceptors (Lipinski definition) is 2. The fourth-order valence-corrected chi connectivity index (χ4v) is 3.16. The van der Waals surface area contributed by atoms with Gasteiger partial charge in [0, 0.05) is 15.9 Å². The first-order valence-electron chi connectivity index (χ1n) is 6.34. The van der Waals surface area contributed by atoms with E-state index in [0.29, 0.717) is 15.1 Å². The molecule has 1 aromatic carbocycles. The Labute approximate surface area is 126 Å². The highest BCUT2D eigenvalue weighted by Crippen LogP contribution is 2.37. The molecule has 2 unspecified atom stereocenters. The summed E-state index contributed by atoms with van der Waals surface area (Å²) in [7, 11) is 0. The predicted molar refractivity (Wildman–Crippen MR) is 79.5 cm³/mol. The van der Waals surface area contributed by atoms with Crippen LogP contribution in [0, 0.1) is 5.41 Å². The molecule has 1 amide bonds. The van der Waals surface area contributed by atoms with Gasteiger partial charge < -0.3 is 10.4 Å². The fourth-order valence-electron chi connectivity index (χ4n) is 2.58. The van der Waals surface area contributed by atoms with Crippen molar-refractivity contribution in [2.45, 2.75) is 32.2 Å². The number of amides is 1. The van der Waals surface area contributed by atoms with Crippen molar-refractivity contribution in [3.63, 3.8) is 0 Å². The Morgan fingerprint density at radius 1 is 1.63 bits per heavy atom. The molecular formula is C14H17BrClNO2. The number of carbonyl (C=O) groups is 1. The monoisotopic (exact) mass is 345 g/mol. The number of benzene rings is 1. The molecule has 19 heavy (non-hydrogen) atoms. The molecule has 1 fully saturated rings. The van der Waals surface area contributed by atoms with Crippen LogP contribution in [-0.2, 0) is 0 Å². The lowest BCUT2D eigenvalue weighted by atomic mass is 9.85. The SMILES string of the molecule is CC1(CO)CCCC1NC(=O)c1cccc(Br)c1Cl. The van der Waals surface area contributed by atoms with E-state index in [1.54, 1.807) is 18.2 Å². The zero-order chi connectivity index (χ0) is 14.0. The van der Waals surface area contributed by atoms with Gasteiger partial charge in [-0.15, -0.1) is 0 Å². The Hall–Kier alpha value is -0.580. The highest BCUT2D eigenvalue weighted by atomic mass is 79.9. The second-order valence-electron chi connectivity index (χ2n) is 5.33. The van der Waals surface area contributed by atoms with Gasteiger partial charge in [-0.05, 0) is 40.9 Å². The van der Waals surface area contributed by atoms with Gasteiger partial charge in [0.15, 0.2) is 0 Å². The number of rotatable bonds is 3. The summed E-state index contributed by atoms with van der Waals surface area (Å²) in [6.07, 6.45) is 2.85. The third-order valence-corrected chi connectivity index (χ3v) is 5.24. The van der Waals surface area contributed by atoms with E-state index in [-0.39, 0.29) is 24.0 Å². The molecule has 2 rings (SSSR count). The normalized spacial score (nSPS) is 26.4. The second-order valence-corrected chi connectivity index (χ2v) is 6.56. The molecule has 104 valence electrons. The third-order valence-electron chi connectivity index (χ3n) is 3.94. The topological polar surface area (TPSA) is 49.3 Å². The van der Waals surface area contributed by atoms with Gasteiger partial charge in [0.05, 0.1) is 17.2 Å². The van der Waals surface area contributed by atoms with Crippen molar-refractivity contribution >= 4 is 33.4 Å². The molecule has 0 aliphatic heterocycles. The Balaban J connectivity index is 2.15. The van der Waals surface area contributed by atoms with Crippen LogP contribution < -0.4 is 5.32 Å². The molecule has 1 aliphatic carbocycles. The zero-order valence-corrected chi connectivity index (χ0v) is 13.1. The van der Waals surface area contributed by atoms with Gasteiger partial charge in [0.1, 0.15) is 0 Å². The van der Waals surface area contributed by atoms with Crippen LogP contribution in [0.15, 0.2) is 22.7 Å². The summed E-state index contributed by atoms with van der Waals surface area (Å²) < 4.78 is 0.707. The minimum absolute atomic E-state index is 0.0000447. The summed E-state index contributed by atoms with van der Waals surface area (Å²) in [6.45, 7) is 2.09. The molecule has 0 spiro atoms. The van der Waals surface area contributed by atoms with Gasteiger partial charge in [-0.25, -0.2) is 0 Å². The number of aliphatic hydroxyl groups excluding tert-OH is 1. The Morgan fingerprint density at radius 3 is 3.05 bits per heavy atom. The van der Waals surface area contributed by atoms with E-state index >= 15 is 0 Å². The van der Waals surface area contributed by atoms with Crippen LogP contribution in [0.2, 0.25) is 5.02 Å². The van der Waals surface area contributed by atoms with E-state index < -0.39 is 0 Å². The highest BCUT2D eigenvalue weighted by molar-refractivity contribution is 9.10. The van der Waals surface area contributed by atoms with Crippen molar-refractivity contribution in [3.05, 3.63) is 33.3 Å². The second kappa shape index (κ2) is 5.81. The number of hydrogen-bond donors (Lipinski definition) is 2. The van der Waals surface area contributed by atoms with Crippen LogP contribution in [0.25, 0.3) is 0 Å². The van der Waals surface area contributed by atoms with Gasteiger partial charge in [-0.3, -0.25) is 4.79 Å². The smallest absolute Gasteiger partial charge is 0.253 e. The highest BCUT2D eigenvalue weighted by Gasteiger charge is 2.39. The van der Waals surface area contributed by atoms with E-state index in [0.717, 1.165) is 19.3 Å². The molecule has 1 aliphatic rings. The third kappa shape index (κ3) is 2.96. The van der Waals surface area contributed by atoms with Gasteiger partial charge in [-0.2, -0.15) is 0 Å². The first-order chi connectivity index (χ1) is 8.98. The van der Waals surface area contributed by atoms with Crippen LogP contribution in [0.5, 0.6) is 0 Å². The van der Waals surface area contributed by atoms with Crippen molar-refractivity contribution in [2.75, 3.05) is 6.61 Å². The van der Waals surface area contributed by atoms with Crippen LogP contribution >= 0.6 is 27.5 Å². The Morgan fingerprint density at radius 2 is 2.37 bits per heavy atom. The number of halogens is 2. The maximum atomic E-state index is 12.3. The average molecular weight is 347 g/mol. The number of carbonyl (C=O) groups excluding carboxylic acids is 1. The minimum Gasteiger partial charge on any atom is -0.396 e. The molecule has 1 aromatic rings. The van der Waals surface area contributed by atoms with Crippen LogP contribution in [-0.4, -0.2) is 23.7 Å². The van der Waals surface area contributed by atoms with Crippen molar-refractivity contribution in [2.24, 2.45) is 5.41 Å². The first-order valence-corrected chi connectivity index (χ1v) is 7.51. The lowest BCUT2D eigenvalue weighted by Gasteiger charge is -2.30. The molecule has 0 saturated heterocycles. The zero-order valence-electron chi connectivity index (χ0n) is 10.7. The van der Waals surface area contributed by atoms with Crippen molar-refractivity contribution in [1.29, 1.82) is 0 Å². The number of nitrogens with one attached hydrogen (secondary N) is 1. The maximum absolute atomic E-state index is 12.3. The summed E-state index contributed by atoms with van der Waals surface area (Å²) >= 11 is 9.43. The Bertz CT molecular complexity index is 494. The molecule has 2 N–H and O–H groups in total. The molecule has 0 bridgehead atoms. The maximum Gasteiger partial charge on any atom is 0.253 e. The molecule has 5 heteroatoms. The first kappa shape index (κ1) is 14.8. The lowest BCUT2D eigenvalue weighted by molar-refractivity contribution is 0.0830. The molecule has 3 nitrogen and oxygen atoms in total. The molecule has 2 atom stereocenters. The number of aliphatic hydroxyl groups is 1. The van der Waals surface area contributed by atoms with Crippen LogP contribution in [0.3, 0.4) is 0 Å². The van der Waals surface area contributed by atoms with Crippen molar-refractivity contribution in [1.82, 2.24) is 5.32 Å². The summed E-state index contributed by atoms with van der Waals surface area (Å²) in [6, 6.07) is 5.28. The Kier molecular flexibility index (Phi) is 4.54. The van der Waals surface area contributed by atoms with E-state index in [2.05, 4.69) is 21.2 Å². The molecule has 0 aromatic heterocycles. The summed E-state index contributed by atoms with van der Waals surface area (Å²) in [4.78, 5) is 12.3. The van der Waals surface area contributed by atoms with E-state index in [1.165, 1.54) is 0 Å². The summed E-state index contributed by atoms with van der Waals surface area (Å²) in [5.74, 6) is -0.183. The largest absolute Gasteiger partial charge is 0.396 e. The standard InChI is InChI=1S/C14H17BrClNO2/c1-14(8-18)7-3-6-11(14)17-13(19)9-4-2-5-10(15)12(9)16/h2,4-5,11,18H,3,6-8H2,1H3,(H,17,19). The fraction of sp³-hybridized carbons (Fsp3) is 0.500. The van der Waals surface area contributed by atoms with Gasteiger partial charge in [0.2, 0.25) is 0 Å². The van der Waals surface area contributed by atoms with Crippen molar-refractivity contribution in [3.8, 4) is 0 Å². The lowest BCUT2D eigenvalue weighted by Crippen LogP contribution is -2.44. The van der Waals surface area contributed by atoms with Gasteiger partial charge >= 0.3 is 0 Å². The summed E-state index contributed by atoms with van der Waals surface area (Å²) in [5.41, 5.74) is 0.233. The quantitative estimate of drug-likeness (QED) is 0.881. The molecule has 0 heterocycles. The van der Waals surface area contributed by atoms with Gasteiger partial charge in [0.25, 0.3) is 5.91 Å². The molecule has 1 saturated carbocycles. The molecule has 0 radical (unpaired) electrons. The van der Waals surface area contributed by atoms with Gasteiger partial charge in [-0.1, -0.05) is 31.0 Å². The van der Waals surface area contributed by atoms with E-state index in [4.69, 9.17) is 11.6 Å². The molecular weight excluding hydrogens is 330 g/mol. The predicted octanol–water partition coefficient (Wildman–Crippen LogP) is 3.38. The summed E-state index contributed by atoms with van der Waals surface area (Å²) in [5, 5.41) is 12.9. The van der Waals surface area contributed by atoms with Crippen LogP contribution in [0.1, 0.15) is 36.5 Å². The average Bonchev–Trinajstić information content (AvgIpc) is 2.75. The van der Waals surface area contributed by atoms with E-state index in [9.17, 15) is 9.90 Å². The van der Waals surface area contributed by atoms with Crippen LogP contribution in [0.4, 0.5) is 0 Å². The minimum atomic E-state index is -0.228.